The summed E-state index contributed by atoms with van der Waals surface area (Å²) in [5.74, 6) is 0. The van der Waals surface area contributed by atoms with Crippen molar-refractivity contribution in [2.75, 3.05) is 11.9 Å². The summed E-state index contributed by atoms with van der Waals surface area (Å²) in [7, 11) is 0. The normalized spacial score (nSPS) is 10.1. The van der Waals surface area contributed by atoms with E-state index in [9.17, 15) is 10.1 Å². The average Bonchev–Trinajstić information content (AvgIpc) is 2.43. The third-order valence-electron chi connectivity index (χ3n) is 2.90. The molecule has 0 saturated carbocycles. The van der Waals surface area contributed by atoms with Gasteiger partial charge in [0.05, 0.1) is 4.92 Å². The van der Waals surface area contributed by atoms with Gasteiger partial charge in [0.2, 0.25) is 0 Å². The molecule has 0 saturated heterocycles. The summed E-state index contributed by atoms with van der Waals surface area (Å²) in [6.45, 7) is 3.05. The molecule has 0 bridgehead atoms. The fraction of sp³-hybridized carbons (Fsp3) is 0.500. The number of rotatable bonds is 8. The molecule has 1 aromatic carbocycles. The van der Waals surface area contributed by atoms with E-state index in [4.69, 9.17) is 12.2 Å². The van der Waals surface area contributed by atoms with Crippen LogP contribution >= 0.6 is 12.2 Å². The van der Waals surface area contributed by atoms with Gasteiger partial charge in [0.15, 0.2) is 5.11 Å². The van der Waals surface area contributed by atoms with Crippen LogP contribution in [0.4, 0.5) is 11.4 Å². The van der Waals surface area contributed by atoms with Crippen LogP contribution < -0.4 is 10.6 Å². The molecule has 0 spiro atoms. The minimum Gasteiger partial charge on any atom is -0.362 e. The summed E-state index contributed by atoms with van der Waals surface area (Å²) < 4.78 is 0. The first kappa shape index (κ1) is 16.4. The topological polar surface area (TPSA) is 67.2 Å². The van der Waals surface area contributed by atoms with Crippen LogP contribution in [0.2, 0.25) is 0 Å². The van der Waals surface area contributed by atoms with Crippen LogP contribution in [0.1, 0.15) is 39.0 Å². The summed E-state index contributed by atoms with van der Waals surface area (Å²) in [4.78, 5) is 10.1. The van der Waals surface area contributed by atoms with E-state index in [1.165, 1.54) is 37.8 Å². The zero-order valence-electron chi connectivity index (χ0n) is 11.7. The van der Waals surface area contributed by atoms with Gasteiger partial charge in [0.1, 0.15) is 0 Å². The van der Waals surface area contributed by atoms with Gasteiger partial charge in [-0.2, -0.15) is 0 Å². The molecule has 0 aliphatic heterocycles. The largest absolute Gasteiger partial charge is 0.362 e. The Labute approximate surface area is 124 Å². The molecule has 2 N–H and O–H groups in total. The lowest BCUT2D eigenvalue weighted by molar-refractivity contribution is -0.384. The highest BCUT2D eigenvalue weighted by atomic mass is 32.1. The molecule has 0 aromatic heterocycles. The third-order valence-corrected chi connectivity index (χ3v) is 3.15. The molecule has 0 aliphatic rings. The lowest BCUT2D eigenvalue weighted by Crippen LogP contribution is -2.29. The summed E-state index contributed by atoms with van der Waals surface area (Å²) in [6.07, 6.45) is 6.10. The van der Waals surface area contributed by atoms with E-state index >= 15 is 0 Å². The molecule has 5 nitrogen and oxygen atoms in total. The minimum atomic E-state index is -0.420. The Morgan fingerprint density at radius 2 is 1.85 bits per heavy atom. The molecular weight excluding hydrogens is 274 g/mol. The molecule has 0 unspecified atom stereocenters. The van der Waals surface area contributed by atoms with Crippen LogP contribution in [-0.4, -0.2) is 16.6 Å². The van der Waals surface area contributed by atoms with E-state index in [1.54, 1.807) is 12.1 Å². The number of nitro benzene ring substituents is 1. The zero-order valence-corrected chi connectivity index (χ0v) is 12.5. The van der Waals surface area contributed by atoms with Gasteiger partial charge in [-0.15, -0.1) is 0 Å². The first-order valence-electron chi connectivity index (χ1n) is 6.92. The summed E-state index contributed by atoms with van der Waals surface area (Å²) in [5.41, 5.74) is 0.824. The number of non-ortho nitro benzene ring substituents is 1. The third kappa shape index (κ3) is 6.47. The number of hydrogen-bond donors (Lipinski definition) is 2. The van der Waals surface area contributed by atoms with Gasteiger partial charge in [-0.3, -0.25) is 10.1 Å². The number of anilines is 1. The smallest absolute Gasteiger partial charge is 0.269 e. The van der Waals surface area contributed by atoms with E-state index in [-0.39, 0.29) is 5.69 Å². The van der Waals surface area contributed by atoms with E-state index in [2.05, 4.69) is 17.6 Å². The molecule has 6 heteroatoms. The molecular formula is C14H21N3O2S. The molecule has 0 amide bonds. The molecule has 110 valence electrons. The molecule has 1 aromatic rings. The van der Waals surface area contributed by atoms with Crippen molar-refractivity contribution in [1.29, 1.82) is 0 Å². The SMILES string of the molecule is CCCCCCCNC(=S)Nc1ccc([N+](=O)[O-])cc1. The monoisotopic (exact) mass is 295 g/mol. The number of nitro groups is 1. The van der Waals surface area contributed by atoms with Crippen LogP contribution in [-0.2, 0) is 0 Å². The molecule has 0 aliphatic carbocycles. The molecule has 1 rings (SSSR count). The van der Waals surface area contributed by atoms with Gasteiger partial charge in [-0.1, -0.05) is 32.6 Å². The molecule has 0 atom stereocenters. The first-order valence-corrected chi connectivity index (χ1v) is 7.33. The number of nitrogens with one attached hydrogen (secondary N) is 2. The van der Waals surface area contributed by atoms with Gasteiger partial charge in [0.25, 0.3) is 5.69 Å². The zero-order chi connectivity index (χ0) is 14.8. The Balaban J connectivity index is 2.23. The van der Waals surface area contributed by atoms with Gasteiger partial charge in [-0.05, 0) is 30.8 Å². The van der Waals surface area contributed by atoms with Crippen molar-refractivity contribution in [3.63, 3.8) is 0 Å². The Morgan fingerprint density at radius 3 is 2.45 bits per heavy atom. The van der Waals surface area contributed by atoms with Gasteiger partial charge < -0.3 is 10.6 Å². The van der Waals surface area contributed by atoms with Crippen LogP contribution in [0.5, 0.6) is 0 Å². The minimum absolute atomic E-state index is 0.0744. The van der Waals surface area contributed by atoms with Gasteiger partial charge in [0, 0.05) is 24.4 Å². The van der Waals surface area contributed by atoms with Crippen molar-refractivity contribution in [2.45, 2.75) is 39.0 Å². The molecule has 0 radical (unpaired) electrons. The van der Waals surface area contributed by atoms with Crippen LogP contribution in [0.25, 0.3) is 0 Å². The summed E-state index contributed by atoms with van der Waals surface area (Å²) in [5, 5.41) is 17.2. The molecule has 0 heterocycles. The predicted molar refractivity (Wildman–Crippen MR) is 86.1 cm³/mol. The number of thiocarbonyl (C=S) groups is 1. The van der Waals surface area contributed by atoms with Crippen LogP contribution in [0.3, 0.4) is 0 Å². The average molecular weight is 295 g/mol. The number of benzene rings is 1. The van der Waals surface area contributed by atoms with Gasteiger partial charge in [-0.25, -0.2) is 0 Å². The maximum absolute atomic E-state index is 10.5. The van der Waals surface area contributed by atoms with E-state index in [0.717, 1.165) is 18.7 Å². The number of nitrogens with zero attached hydrogens (tertiary/aromatic N) is 1. The Bertz CT molecular complexity index is 435. The standard InChI is InChI=1S/C14H21N3O2S/c1-2-3-4-5-6-11-15-14(20)16-12-7-9-13(10-8-12)17(18)19/h7-10H,2-6,11H2,1H3,(H2,15,16,20). The summed E-state index contributed by atoms with van der Waals surface area (Å²) >= 11 is 5.17. The van der Waals surface area contributed by atoms with Crippen molar-refractivity contribution >= 4 is 28.7 Å². The highest BCUT2D eigenvalue weighted by Gasteiger charge is 2.04. The highest BCUT2D eigenvalue weighted by Crippen LogP contribution is 2.15. The van der Waals surface area contributed by atoms with E-state index in [0.29, 0.717) is 5.11 Å². The van der Waals surface area contributed by atoms with E-state index < -0.39 is 4.92 Å². The second-order valence-electron chi connectivity index (χ2n) is 4.60. The van der Waals surface area contributed by atoms with E-state index in [1.807, 2.05) is 0 Å². The second-order valence-corrected chi connectivity index (χ2v) is 5.01. The van der Waals surface area contributed by atoms with Crippen LogP contribution in [0, 0.1) is 10.1 Å². The fourth-order valence-corrected chi connectivity index (χ4v) is 1.99. The summed E-state index contributed by atoms with van der Waals surface area (Å²) in [6, 6.07) is 6.20. The Kier molecular flexibility index (Phi) is 7.57. The second kappa shape index (κ2) is 9.25. The van der Waals surface area contributed by atoms with Crippen molar-refractivity contribution in [2.24, 2.45) is 0 Å². The van der Waals surface area contributed by atoms with Crippen molar-refractivity contribution < 1.29 is 4.92 Å². The number of unbranched alkanes of at least 4 members (excludes halogenated alkanes) is 4. The predicted octanol–water partition coefficient (Wildman–Crippen LogP) is 3.85. The van der Waals surface area contributed by atoms with Crippen molar-refractivity contribution in [3.8, 4) is 0 Å². The fourth-order valence-electron chi connectivity index (χ4n) is 1.77. The molecule has 20 heavy (non-hydrogen) atoms. The van der Waals surface area contributed by atoms with Crippen molar-refractivity contribution in [1.82, 2.24) is 5.32 Å². The maximum Gasteiger partial charge on any atom is 0.269 e. The van der Waals surface area contributed by atoms with Crippen LogP contribution in [0.15, 0.2) is 24.3 Å². The molecule has 0 fully saturated rings. The first-order chi connectivity index (χ1) is 9.63. The highest BCUT2D eigenvalue weighted by molar-refractivity contribution is 7.80. The van der Waals surface area contributed by atoms with Crippen molar-refractivity contribution in [3.05, 3.63) is 34.4 Å². The lowest BCUT2D eigenvalue weighted by Gasteiger charge is -2.10. The van der Waals surface area contributed by atoms with Gasteiger partial charge >= 0.3 is 0 Å². The lowest BCUT2D eigenvalue weighted by atomic mass is 10.1. The maximum atomic E-state index is 10.5. The Hall–Kier alpha value is -1.69. The quantitative estimate of drug-likeness (QED) is 0.330. The number of hydrogen-bond acceptors (Lipinski definition) is 3. The Morgan fingerprint density at radius 1 is 1.20 bits per heavy atom.